The first-order valence-electron chi connectivity index (χ1n) is 11.2. The van der Waals surface area contributed by atoms with Crippen LogP contribution in [0, 0.1) is 0 Å². The second-order valence-electron chi connectivity index (χ2n) is 8.55. The minimum atomic E-state index is -0.168. The molecule has 0 aromatic heterocycles. The van der Waals surface area contributed by atoms with E-state index in [0.29, 0.717) is 0 Å². The summed E-state index contributed by atoms with van der Waals surface area (Å²) in [6.07, 6.45) is 2.94. The van der Waals surface area contributed by atoms with Crippen molar-refractivity contribution in [3.05, 3.63) is 83.9 Å². The van der Waals surface area contributed by atoms with Crippen LogP contribution in [0.5, 0.6) is 0 Å². The van der Waals surface area contributed by atoms with Gasteiger partial charge in [-0.1, -0.05) is 45.0 Å². The molecule has 3 aromatic rings. The van der Waals surface area contributed by atoms with Crippen LogP contribution in [0.1, 0.15) is 58.1 Å². The molecule has 0 saturated carbocycles. The van der Waals surface area contributed by atoms with E-state index in [1.807, 2.05) is 36.4 Å². The van der Waals surface area contributed by atoms with Crippen molar-refractivity contribution in [3.8, 4) is 0 Å². The molecule has 0 aliphatic carbocycles. The highest BCUT2D eigenvalue weighted by atomic mass is 15.0. The van der Waals surface area contributed by atoms with E-state index in [2.05, 4.69) is 74.7 Å². The van der Waals surface area contributed by atoms with Gasteiger partial charge < -0.3 is 22.1 Å². The highest BCUT2D eigenvalue weighted by molar-refractivity contribution is 5.55. The van der Waals surface area contributed by atoms with Crippen molar-refractivity contribution in [3.63, 3.8) is 0 Å². The Bertz CT molecular complexity index is 958. The van der Waals surface area contributed by atoms with Crippen molar-refractivity contribution in [2.24, 2.45) is 0 Å². The molecule has 1 atom stereocenters. The van der Waals surface area contributed by atoms with E-state index in [9.17, 15) is 0 Å². The summed E-state index contributed by atoms with van der Waals surface area (Å²) in [6.45, 7) is 8.90. The Hall–Kier alpha value is -3.14. The third kappa shape index (κ3) is 4.96. The summed E-state index contributed by atoms with van der Waals surface area (Å²) in [6, 6.07) is 25.0. The zero-order valence-electron chi connectivity index (χ0n) is 19.2. The Labute approximate surface area is 187 Å². The van der Waals surface area contributed by atoms with Crippen LogP contribution in [-0.4, -0.2) is 0 Å². The second-order valence-corrected chi connectivity index (χ2v) is 8.55. The number of hydrogen-bond donors (Lipinski definition) is 4. The lowest BCUT2D eigenvalue weighted by molar-refractivity contribution is 0.454. The number of nitrogen functional groups attached to an aromatic ring is 2. The number of anilines is 4. The number of nitrogens with one attached hydrogen (secondary N) is 2. The smallest absolute Gasteiger partial charge is 0.0620 e. The van der Waals surface area contributed by atoms with E-state index in [4.69, 9.17) is 11.5 Å². The highest BCUT2D eigenvalue weighted by Gasteiger charge is 2.29. The summed E-state index contributed by atoms with van der Waals surface area (Å²) in [5.41, 5.74) is 17.7. The van der Waals surface area contributed by atoms with Gasteiger partial charge in [-0.25, -0.2) is 0 Å². The van der Waals surface area contributed by atoms with Gasteiger partial charge in [0.15, 0.2) is 0 Å². The Morgan fingerprint density at radius 1 is 0.581 bits per heavy atom. The second kappa shape index (κ2) is 9.34. The molecule has 0 aliphatic heterocycles. The molecule has 0 spiro atoms. The molecule has 3 rings (SSSR count). The topological polar surface area (TPSA) is 76.1 Å². The molecule has 31 heavy (non-hydrogen) atoms. The lowest BCUT2D eigenvalue weighted by atomic mass is 9.84. The van der Waals surface area contributed by atoms with Crippen LogP contribution in [0.3, 0.4) is 0 Å². The van der Waals surface area contributed by atoms with Crippen LogP contribution in [-0.2, 0) is 11.1 Å². The monoisotopic (exact) mass is 416 g/mol. The van der Waals surface area contributed by atoms with Gasteiger partial charge in [0.25, 0.3) is 0 Å². The van der Waals surface area contributed by atoms with Gasteiger partial charge in [0.2, 0.25) is 0 Å². The first-order valence-corrected chi connectivity index (χ1v) is 11.2. The molecule has 0 fully saturated rings. The maximum atomic E-state index is 5.91. The predicted octanol–water partition coefficient (Wildman–Crippen LogP) is 6.72. The van der Waals surface area contributed by atoms with Crippen LogP contribution in [0.25, 0.3) is 0 Å². The largest absolute Gasteiger partial charge is 0.399 e. The van der Waals surface area contributed by atoms with Gasteiger partial charge in [0, 0.05) is 22.7 Å². The molecule has 0 aliphatic rings. The Kier molecular flexibility index (Phi) is 6.79. The number of benzene rings is 3. The molecule has 4 nitrogen and oxygen atoms in total. The zero-order valence-corrected chi connectivity index (χ0v) is 19.2. The first kappa shape index (κ1) is 22.5. The third-order valence-corrected chi connectivity index (χ3v) is 6.61. The SMILES string of the molecule is CCC(C)(Nc1ccc(N)cc1)c1ccc(NC(CC)(CC)c2ccc(N)cc2)cc1. The van der Waals surface area contributed by atoms with E-state index >= 15 is 0 Å². The van der Waals surface area contributed by atoms with Crippen LogP contribution in [0.15, 0.2) is 72.8 Å². The van der Waals surface area contributed by atoms with Gasteiger partial charge in [0.05, 0.1) is 11.1 Å². The molecule has 0 saturated heterocycles. The number of nitrogens with two attached hydrogens (primary N) is 2. The van der Waals surface area contributed by atoms with Gasteiger partial charge >= 0.3 is 0 Å². The highest BCUT2D eigenvalue weighted by Crippen LogP contribution is 2.35. The number of rotatable bonds is 9. The lowest BCUT2D eigenvalue weighted by Gasteiger charge is -2.35. The van der Waals surface area contributed by atoms with Gasteiger partial charge in [-0.3, -0.25) is 0 Å². The lowest BCUT2D eigenvalue weighted by Crippen LogP contribution is -2.34. The van der Waals surface area contributed by atoms with Crippen LogP contribution in [0.4, 0.5) is 22.7 Å². The average Bonchev–Trinajstić information content (AvgIpc) is 2.80. The van der Waals surface area contributed by atoms with Crippen molar-refractivity contribution >= 4 is 22.7 Å². The normalized spacial score (nSPS) is 13.4. The van der Waals surface area contributed by atoms with E-state index in [-0.39, 0.29) is 11.1 Å². The summed E-state index contributed by atoms with van der Waals surface area (Å²) in [7, 11) is 0. The van der Waals surface area contributed by atoms with Gasteiger partial charge in [-0.05, 0) is 85.8 Å². The maximum absolute atomic E-state index is 5.91. The fourth-order valence-electron chi connectivity index (χ4n) is 4.16. The molecule has 4 heteroatoms. The predicted molar refractivity (Wildman–Crippen MR) is 135 cm³/mol. The molecule has 6 N–H and O–H groups in total. The molecular formula is C27H36N4. The van der Waals surface area contributed by atoms with Crippen molar-refractivity contribution in [1.82, 2.24) is 0 Å². The van der Waals surface area contributed by atoms with Crippen LogP contribution >= 0.6 is 0 Å². The van der Waals surface area contributed by atoms with E-state index in [1.165, 1.54) is 11.1 Å². The maximum Gasteiger partial charge on any atom is 0.0620 e. The molecule has 0 heterocycles. The Morgan fingerprint density at radius 2 is 1.00 bits per heavy atom. The third-order valence-electron chi connectivity index (χ3n) is 6.61. The summed E-state index contributed by atoms with van der Waals surface area (Å²) in [5.74, 6) is 0. The Morgan fingerprint density at radius 3 is 1.48 bits per heavy atom. The molecule has 0 radical (unpaired) electrons. The van der Waals surface area contributed by atoms with Crippen molar-refractivity contribution < 1.29 is 0 Å². The standard InChI is InChI=1S/C27H36N4/c1-5-26(4,30-24-18-14-23(29)15-19-24)20-10-16-25(17-11-20)31-27(6-2,7-3)21-8-12-22(28)13-9-21/h8-19,30-31H,5-7,28-29H2,1-4H3. The molecular weight excluding hydrogens is 380 g/mol. The molecule has 3 aromatic carbocycles. The van der Waals surface area contributed by atoms with E-state index in [1.54, 1.807) is 0 Å². The average molecular weight is 417 g/mol. The van der Waals surface area contributed by atoms with Gasteiger partial charge in [-0.2, -0.15) is 0 Å². The van der Waals surface area contributed by atoms with Crippen molar-refractivity contribution in [2.45, 2.75) is 58.0 Å². The first-order chi connectivity index (χ1) is 14.8. The summed E-state index contributed by atoms with van der Waals surface area (Å²) >= 11 is 0. The quantitative estimate of drug-likeness (QED) is 0.292. The summed E-state index contributed by atoms with van der Waals surface area (Å²) < 4.78 is 0. The minimum Gasteiger partial charge on any atom is -0.399 e. The van der Waals surface area contributed by atoms with Crippen molar-refractivity contribution in [2.75, 3.05) is 22.1 Å². The van der Waals surface area contributed by atoms with E-state index < -0.39 is 0 Å². The minimum absolute atomic E-state index is 0.120. The summed E-state index contributed by atoms with van der Waals surface area (Å²) in [4.78, 5) is 0. The summed E-state index contributed by atoms with van der Waals surface area (Å²) in [5, 5.41) is 7.49. The van der Waals surface area contributed by atoms with Crippen LogP contribution in [0.2, 0.25) is 0 Å². The fraction of sp³-hybridized carbons (Fsp3) is 0.333. The molecule has 0 bridgehead atoms. The van der Waals surface area contributed by atoms with Crippen molar-refractivity contribution in [1.29, 1.82) is 0 Å². The Balaban J connectivity index is 1.83. The van der Waals surface area contributed by atoms with Gasteiger partial charge in [-0.15, -0.1) is 0 Å². The van der Waals surface area contributed by atoms with Crippen LogP contribution < -0.4 is 22.1 Å². The fourth-order valence-corrected chi connectivity index (χ4v) is 4.16. The molecule has 164 valence electrons. The van der Waals surface area contributed by atoms with Gasteiger partial charge in [0.1, 0.15) is 0 Å². The molecule has 1 unspecified atom stereocenters. The zero-order chi connectivity index (χ0) is 22.5. The number of hydrogen-bond acceptors (Lipinski definition) is 4. The van der Waals surface area contributed by atoms with E-state index in [0.717, 1.165) is 42.0 Å². The molecule has 0 amide bonds.